The van der Waals surface area contributed by atoms with Gasteiger partial charge in [-0.15, -0.1) is 0 Å². The van der Waals surface area contributed by atoms with Gasteiger partial charge in [0.05, 0.1) is 0 Å². The molecule has 1 saturated heterocycles. The molecular formula is C4H4N2O4. The van der Waals surface area contributed by atoms with Crippen LogP contribution >= 0.6 is 0 Å². The van der Waals surface area contributed by atoms with E-state index in [9.17, 15) is 14.4 Å². The fraction of sp³-hybridized carbons (Fsp3) is 0.250. The number of rotatable bonds is 0. The van der Waals surface area contributed by atoms with Crippen LogP contribution in [0.15, 0.2) is 0 Å². The molecule has 0 saturated carbocycles. The summed E-state index contributed by atoms with van der Waals surface area (Å²) in [5, 5.41) is 12.0. The Balaban J connectivity index is 2.76. The SMILES string of the molecule is O=C1NC(=O)C(=O)[C@@H](O)N1. The Bertz CT molecular complexity index is 211. The zero-order valence-corrected chi connectivity index (χ0v) is 4.75. The van der Waals surface area contributed by atoms with E-state index in [2.05, 4.69) is 0 Å². The molecular weight excluding hydrogens is 140 g/mol. The minimum Gasteiger partial charge on any atom is -0.366 e. The number of hydrogen-bond donors (Lipinski definition) is 3. The quantitative estimate of drug-likeness (QED) is 0.333. The molecule has 1 aliphatic heterocycles. The van der Waals surface area contributed by atoms with Gasteiger partial charge in [0.1, 0.15) is 0 Å². The first kappa shape index (κ1) is 6.69. The first-order valence-electron chi connectivity index (χ1n) is 2.45. The van der Waals surface area contributed by atoms with Gasteiger partial charge in [0.25, 0.3) is 11.7 Å². The van der Waals surface area contributed by atoms with E-state index in [1.807, 2.05) is 0 Å². The Morgan fingerprint density at radius 1 is 1.30 bits per heavy atom. The highest BCUT2D eigenvalue weighted by Crippen LogP contribution is 1.87. The molecule has 0 aliphatic carbocycles. The van der Waals surface area contributed by atoms with Gasteiger partial charge >= 0.3 is 6.03 Å². The fourth-order valence-corrected chi connectivity index (χ4v) is 0.515. The largest absolute Gasteiger partial charge is 0.366 e. The van der Waals surface area contributed by atoms with Gasteiger partial charge in [0.2, 0.25) is 0 Å². The summed E-state index contributed by atoms with van der Waals surface area (Å²) in [4.78, 5) is 31.0. The number of urea groups is 1. The van der Waals surface area contributed by atoms with Gasteiger partial charge in [-0.25, -0.2) is 4.79 Å². The Labute approximate surface area is 55.2 Å². The summed E-state index contributed by atoms with van der Waals surface area (Å²) < 4.78 is 0. The summed E-state index contributed by atoms with van der Waals surface area (Å²) in [5.41, 5.74) is 0. The summed E-state index contributed by atoms with van der Waals surface area (Å²) in [6.45, 7) is 0. The highest BCUT2D eigenvalue weighted by Gasteiger charge is 2.31. The van der Waals surface area contributed by atoms with Gasteiger partial charge in [-0.2, -0.15) is 0 Å². The zero-order valence-electron chi connectivity index (χ0n) is 4.75. The molecule has 3 N–H and O–H groups in total. The number of aliphatic hydroxyl groups is 1. The molecule has 0 aromatic carbocycles. The zero-order chi connectivity index (χ0) is 7.72. The van der Waals surface area contributed by atoms with E-state index in [0.29, 0.717) is 0 Å². The second-order valence-corrected chi connectivity index (χ2v) is 1.69. The number of amides is 3. The van der Waals surface area contributed by atoms with E-state index in [4.69, 9.17) is 5.11 Å². The number of aliphatic hydroxyl groups excluding tert-OH is 1. The predicted molar refractivity (Wildman–Crippen MR) is 27.7 cm³/mol. The van der Waals surface area contributed by atoms with Crippen molar-refractivity contribution >= 4 is 17.7 Å². The lowest BCUT2D eigenvalue weighted by molar-refractivity contribution is -0.144. The summed E-state index contributed by atoms with van der Waals surface area (Å²) in [5.74, 6) is -2.14. The average Bonchev–Trinajstić information content (AvgIpc) is 1.82. The van der Waals surface area contributed by atoms with Crippen LogP contribution in [0, 0.1) is 0 Å². The van der Waals surface area contributed by atoms with Crippen molar-refractivity contribution in [1.29, 1.82) is 0 Å². The summed E-state index contributed by atoms with van der Waals surface area (Å²) in [6.07, 6.45) is -1.69. The first-order chi connectivity index (χ1) is 4.61. The Morgan fingerprint density at radius 2 is 1.90 bits per heavy atom. The molecule has 6 heteroatoms. The number of Topliss-reactive ketones (excluding diaryl/α,β-unsaturated/α-hetero) is 1. The number of hydrogen-bond acceptors (Lipinski definition) is 4. The van der Waals surface area contributed by atoms with E-state index in [1.54, 1.807) is 10.6 Å². The van der Waals surface area contributed by atoms with Crippen LogP contribution in [0.1, 0.15) is 0 Å². The van der Waals surface area contributed by atoms with Crippen molar-refractivity contribution in [3.05, 3.63) is 0 Å². The van der Waals surface area contributed by atoms with Crippen molar-refractivity contribution in [2.45, 2.75) is 6.23 Å². The van der Waals surface area contributed by atoms with Crippen molar-refractivity contribution in [3.63, 3.8) is 0 Å². The molecule has 0 unspecified atom stereocenters. The second-order valence-electron chi connectivity index (χ2n) is 1.69. The second kappa shape index (κ2) is 2.07. The van der Waals surface area contributed by atoms with Gasteiger partial charge < -0.3 is 10.4 Å². The van der Waals surface area contributed by atoms with Crippen LogP contribution in [0.5, 0.6) is 0 Å². The van der Waals surface area contributed by atoms with Crippen LogP contribution < -0.4 is 10.6 Å². The van der Waals surface area contributed by atoms with Crippen molar-refractivity contribution in [1.82, 2.24) is 10.6 Å². The van der Waals surface area contributed by atoms with Gasteiger partial charge in [-0.05, 0) is 0 Å². The molecule has 10 heavy (non-hydrogen) atoms. The van der Waals surface area contributed by atoms with Gasteiger partial charge in [-0.1, -0.05) is 0 Å². The molecule has 54 valence electrons. The minimum atomic E-state index is -1.69. The number of imide groups is 1. The molecule has 6 nitrogen and oxygen atoms in total. The molecule has 0 radical (unpaired) electrons. The lowest BCUT2D eigenvalue weighted by Crippen LogP contribution is -2.58. The van der Waals surface area contributed by atoms with Crippen molar-refractivity contribution in [2.24, 2.45) is 0 Å². The highest BCUT2D eigenvalue weighted by atomic mass is 16.3. The molecule has 1 aliphatic rings. The van der Waals surface area contributed by atoms with Crippen LogP contribution in [0.3, 0.4) is 0 Å². The molecule has 1 rings (SSSR count). The Hall–Kier alpha value is -1.43. The summed E-state index contributed by atoms with van der Waals surface area (Å²) in [6, 6.07) is -0.864. The van der Waals surface area contributed by atoms with Crippen LogP contribution in [-0.2, 0) is 9.59 Å². The van der Waals surface area contributed by atoms with Crippen molar-refractivity contribution in [3.8, 4) is 0 Å². The normalized spacial score (nSPS) is 25.7. The molecule has 1 heterocycles. The third-order valence-corrected chi connectivity index (χ3v) is 0.967. The van der Waals surface area contributed by atoms with Crippen LogP contribution in [-0.4, -0.2) is 29.1 Å². The van der Waals surface area contributed by atoms with Gasteiger partial charge in [-0.3, -0.25) is 14.9 Å². The highest BCUT2D eigenvalue weighted by molar-refractivity contribution is 6.42. The molecule has 0 aromatic heterocycles. The standard InChI is InChI=1S/C4H4N2O4/c7-1-2(8)5-4(10)6-3(1)9/h2,8H,(H2,5,6,9,10)/t2-/m1/s1. The Morgan fingerprint density at radius 3 is 2.40 bits per heavy atom. The van der Waals surface area contributed by atoms with E-state index in [0.717, 1.165) is 0 Å². The molecule has 0 bridgehead atoms. The van der Waals surface area contributed by atoms with Gasteiger partial charge in [0, 0.05) is 0 Å². The lowest BCUT2D eigenvalue weighted by atomic mass is 10.3. The van der Waals surface area contributed by atoms with Crippen LogP contribution in [0.2, 0.25) is 0 Å². The Kier molecular flexibility index (Phi) is 1.38. The number of ketones is 1. The number of nitrogens with one attached hydrogen (secondary N) is 2. The molecule has 1 fully saturated rings. The third kappa shape index (κ3) is 0.960. The summed E-state index contributed by atoms with van der Waals surface area (Å²) >= 11 is 0. The van der Waals surface area contributed by atoms with E-state index in [1.165, 1.54) is 0 Å². The van der Waals surface area contributed by atoms with Crippen LogP contribution in [0.25, 0.3) is 0 Å². The predicted octanol–water partition coefficient (Wildman–Crippen LogP) is -2.29. The smallest absolute Gasteiger partial charge is 0.324 e. The van der Waals surface area contributed by atoms with E-state index in [-0.39, 0.29) is 0 Å². The molecule has 0 aromatic rings. The molecule has 3 amide bonds. The monoisotopic (exact) mass is 144 g/mol. The lowest BCUT2D eigenvalue weighted by Gasteiger charge is -2.15. The maximum Gasteiger partial charge on any atom is 0.324 e. The molecule has 0 spiro atoms. The van der Waals surface area contributed by atoms with E-state index >= 15 is 0 Å². The molecule has 1 atom stereocenters. The third-order valence-electron chi connectivity index (χ3n) is 0.967. The maximum absolute atomic E-state index is 10.4. The maximum atomic E-state index is 10.4. The van der Waals surface area contributed by atoms with Crippen LogP contribution in [0.4, 0.5) is 4.79 Å². The van der Waals surface area contributed by atoms with Crippen molar-refractivity contribution < 1.29 is 19.5 Å². The minimum absolute atomic E-state index is 0.864. The number of carbonyl (C=O) groups excluding carboxylic acids is 3. The first-order valence-corrected chi connectivity index (χ1v) is 2.45. The number of carbonyl (C=O) groups is 3. The summed E-state index contributed by atoms with van der Waals surface area (Å²) in [7, 11) is 0. The fourth-order valence-electron chi connectivity index (χ4n) is 0.515. The van der Waals surface area contributed by atoms with Crippen molar-refractivity contribution in [2.75, 3.05) is 0 Å². The van der Waals surface area contributed by atoms with Gasteiger partial charge in [0.15, 0.2) is 6.23 Å². The van der Waals surface area contributed by atoms with E-state index < -0.39 is 23.9 Å². The topological polar surface area (TPSA) is 95.5 Å². The average molecular weight is 144 g/mol.